The van der Waals surface area contributed by atoms with Gasteiger partial charge in [-0.05, 0) is 85.2 Å². The van der Waals surface area contributed by atoms with Crippen molar-refractivity contribution >= 4 is 35.0 Å². The molecule has 4 aromatic rings. The Labute approximate surface area is 411 Å². The number of rotatable bonds is 19. The monoisotopic (exact) mass is 988 g/mol. The van der Waals surface area contributed by atoms with E-state index in [4.69, 9.17) is 19.5 Å². The van der Waals surface area contributed by atoms with Gasteiger partial charge in [-0.15, -0.1) is 11.3 Å². The summed E-state index contributed by atoms with van der Waals surface area (Å²) >= 11 is 1.56. The fourth-order valence-corrected chi connectivity index (χ4v) is 10.4. The molecule has 0 bridgehead atoms. The molecular formula is C52H63F3N6O8S. The maximum atomic E-state index is 14.0. The highest BCUT2D eigenvalue weighted by molar-refractivity contribution is 7.13. The highest BCUT2D eigenvalue weighted by atomic mass is 32.1. The van der Waals surface area contributed by atoms with Crippen molar-refractivity contribution in [1.29, 1.82) is 5.26 Å². The number of ether oxygens (including phenoxy) is 3. The molecule has 2 fully saturated rings. The molecule has 1 aromatic heterocycles. The molecule has 0 spiro atoms. The van der Waals surface area contributed by atoms with Gasteiger partial charge in [0.1, 0.15) is 36.3 Å². The van der Waals surface area contributed by atoms with Crippen LogP contribution in [-0.2, 0) is 31.8 Å². The Morgan fingerprint density at radius 2 is 1.60 bits per heavy atom. The maximum Gasteiger partial charge on any atom is 0.417 e. The topological polar surface area (TPSA) is 192 Å². The number of nitrogens with zero attached hydrogens (tertiary/aromatic N) is 3. The van der Waals surface area contributed by atoms with E-state index >= 15 is 0 Å². The normalized spacial score (nSPS) is 19.8. The van der Waals surface area contributed by atoms with E-state index in [0.29, 0.717) is 37.4 Å². The number of aromatic nitrogens is 1. The summed E-state index contributed by atoms with van der Waals surface area (Å²) in [6.07, 6.45) is -3.97. The summed E-state index contributed by atoms with van der Waals surface area (Å²) in [5.41, 5.74) is 1.51. The molecule has 3 aromatic carbocycles. The molecule has 2 aliphatic rings. The first-order chi connectivity index (χ1) is 32.9. The van der Waals surface area contributed by atoms with Gasteiger partial charge in [0.15, 0.2) is 0 Å². The molecule has 1 unspecified atom stereocenters. The molecule has 4 amide bonds. The van der Waals surface area contributed by atoms with E-state index < -0.39 is 69.7 Å². The molecule has 6 rings (SSSR count). The lowest BCUT2D eigenvalue weighted by Crippen LogP contribution is -2.74. The van der Waals surface area contributed by atoms with Crippen LogP contribution in [0.25, 0.3) is 10.4 Å². The lowest BCUT2D eigenvalue weighted by atomic mass is 9.49. The van der Waals surface area contributed by atoms with E-state index in [2.05, 4.69) is 20.9 Å². The van der Waals surface area contributed by atoms with Gasteiger partial charge in [-0.25, -0.2) is 4.98 Å². The van der Waals surface area contributed by atoms with Gasteiger partial charge in [0, 0.05) is 48.6 Å². The number of aliphatic hydroxyl groups excluding tert-OH is 1. The van der Waals surface area contributed by atoms with Crippen molar-refractivity contribution in [3.05, 3.63) is 100 Å². The number of carbonyl (C=O) groups is 4. The lowest BCUT2D eigenvalue weighted by Gasteiger charge is -2.63. The van der Waals surface area contributed by atoms with E-state index in [1.54, 1.807) is 47.2 Å². The van der Waals surface area contributed by atoms with Gasteiger partial charge in [0.05, 0.1) is 46.0 Å². The van der Waals surface area contributed by atoms with Crippen molar-refractivity contribution in [2.45, 2.75) is 124 Å². The van der Waals surface area contributed by atoms with Crippen LogP contribution in [-0.4, -0.2) is 95.3 Å². The first-order valence-electron chi connectivity index (χ1n) is 23.4. The molecule has 1 saturated heterocycles. The third kappa shape index (κ3) is 12.6. The highest BCUT2D eigenvalue weighted by Crippen LogP contribution is 2.56. The zero-order valence-electron chi connectivity index (χ0n) is 40.9. The number of hydrogen-bond acceptors (Lipinski definition) is 11. The molecular weight excluding hydrogens is 926 g/mol. The first-order valence-corrected chi connectivity index (χ1v) is 24.2. The van der Waals surface area contributed by atoms with Crippen LogP contribution in [0.15, 0.2) is 72.2 Å². The zero-order chi connectivity index (χ0) is 51.2. The van der Waals surface area contributed by atoms with E-state index in [-0.39, 0.29) is 49.7 Å². The van der Waals surface area contributed by atoms with Crippen LogP contribution in [0.2, 0.25) is 0 Å². The lowest BCUT2D eigenvalue weighted by molar-refractivity contribution is -0.164. The molecule has 18 heteroatoms. The Bertz CT molecular complexity index is 2520. The van der Waals surface area contributed by atoms with E-state index in [1.165, 1.54) is 11.0 Å². The number of hydrogen-bond donors (Lipinski definition) is 4. The molecule has 3 atom stereocenters. The quantitative estimate of drug-likeness (QED) is 0.0670. The number of benzene rings is 3. The predicted octanol–water partition coefficient (Wildman–Crippen LogP) is 8.00. The number of nitriles is 1. The van der Waals surface area contributed by atoms with Crippen molar-refractivity contribution in [2.75, 3.05) is 26.4 Å². The standard InChI is InChI=1S/C52H63F3N6O8S/c1-31-42(70-30-58-31)33-14-12-32(13-15-33)27-57-45(65)40-24-36(62)28-61(40)46(66)43(49(2,3)4)59-41(63)29-67-22-10-9-11-23-68-37-19-16-34(17-20-37)44(64)60-47-50(5,6)48(51(47,7)8)69-38-21-18-35(26-56)39(25-38)52(53,54)55/h12-21,25,30,36,40,43,47-48,62H,9-11,22-24,27-29H2,1-8H3,(H,57,65)(H,59,63)(H,60,64)/t36-,40+,43?,47-,48-/m1/s1. The summed E-state index contributed by atoms with van der Waals surface area (Å²) in [6, 6.07) is 17.1. The van der Waals surface area contributed by atoms with Crippen molar-refractivity contribution in [1.82, 2.24) is 25.8 Å². The number of β-amino-alcohol motifs (C(OH)–C–C–N with tert-alkyl or cyclic N) is 1. The summed E-state index contributed by atoms with van der Waals surface area (Å²) in [5.74, 6) is -1.07. The summed E-state index contributed by atoms with van der Waals surface area (Å²) in [4.78, 5) is 60.5. The van der Waals surface area contributed by atoms with Crippen LogP contribution in [0.4, 0.5) is 13.2 Å². The number of amides is 4. The largest absolute Gasteiger partial charge is 0.494 e. The number of alkyl halides is 3. The van der Waals surface area contributed by atoms with Crippen LogP contribution >= 0.6 is 11.3 Å². The van der Waals surface area contributed by atoms with Crippen molar-refractivity contribution in [2.24, 2.45) is 16.2 Å². The molecule has 376 valence electrons. The number of halogens is 3. The Morgan fingerprint density at radius 1 is 0.943 bits per heavy atom. The van der Waals surface area contributed by atoms with Crippen molar-refractivity contribution in [3.8, 4) is 28.0 Å². The van der Waals surface area contributed by atoms with Crippen LogP contribution in [0.3, 0.4) is 0 Å². The van der Waals surface area contributed by atoms with Crippen LogP contribution in [0, 0.1) is 34.5 Å². The van der Waals surface area contributed by atoms with Gasteiger partial charge >= 0.3 is 6.18 Å². The Morgan fingerprint density at radius 3 is 2.21 bits per heavy atom. The molecule has 1 aliphatic heterocycles. The smallest absolute Gasteiger partial charge is 0.417 e. The van der Waals surface area contributed by atoms with Crippen molar-refractivity contribution in [3.63, 3.8) is 0 Å². The average Bonchev–Trinajstić information content (AvgIpc) is 3.93. The number of nitrogens with one attached hydrogen (secondary N) is 3. The van der Waals surface area contributed by atoms with Gasteiger partial charge < -0.3 is 40.2 Å². The van der Waals surface area contributed by atoms with Crippen LogP contribution < -0.4 is 25.4 Å². The average molecular weight is 989 g/mol. The molecule has 14 nitrogen and oxygen atoms in total. The Balaban J connectivity index is 0.885. The summed E-state index contributed by atoms with van der Waals surface area (Å²) in [7, 11) is 0. The summed E-state index contributed by atoms with van der Waals surface area (Å²) in [5, 5.41) is 28.5. The molecule has 0 radical (unpaired) electrons. The zero-order valence-corrected chi connectivity index (χ0v) is 41.7. The first kappa shape index (κ1) is 53.3. The number of aliphatic hydroxyl groups is 1. The van der Waals surface area contributed by atoms with E-state index in [9.17, 15) is 37.5 Å². The number of thiazole rings is 1. The molecule has 4 N–H and O–H groups in total. The second-order valence-corrected chi connectivity index (χ2v) is 21.1. The van der Waals surface area contributed by atoms with Gasteiger partial charge in [-0.3, -0.25) is 19.2 Å². The third-order valence-corrected chi connectivity index (χ3v) is 14.0. The van der Waals surface area contributed by atoms with E-state index in [0.717, 1.165) is 40.3 Å². The Hall–Kier alpha value is -6.03. The molecule has 1 saturated carbocycles. The fourth-order valence-electron chi connectivity index (χ4n) is 9.60. The second kappa shape index (κ2) is 21.9. The van der Waals surface area contributed by atoms with E-state index in [1.807, 2.05) is 79.7 Å². The molecule has 70 heavy (non-hydrogen) atoms. The number of aryl methyl sites for hydroxylation is 1. The van der Waals surface area contributed by atoms with Gasteiger partial charge in [0.25, 0.3) is 5.91 Å². The predicted molar refractivity (Wildman–Crippen MR) is 258 cm³/mol. The minimum Gasteiger partial charge on any atom is -0.494 e. The van der Waals surface area contributed by atoms with Crippen molar-refractivity contribution < 1.29 is 51.7 Å². The Kier molecular flexibility index (Phi) is 16.7. The molecule has 2 heterocycles. The SMILES string of the molecule is Cc1ncsc1-c1ccc(CNC(=O)[C@@H]2C[C@@H](O)CN2C(=O)C(NC(=O)COCCCCCOc2ccc(C(=O)N[C@H]3C(C)(C)[C@H](Oc4ccc(C#N)c(C(F)(F)F)c4)C3(C)C)cc2)C(C)(C)C)cc1. The number of unbranched alkanes of at least 4 members (excludes halogenated alkanes) is 2. The van der Waals surface area contributed by atoms with Crippen LogP contribution in [0.1, 0.15) is 107 Å². The second-order valence-electron chi connectivity index (χ2n) is 20.3. The summed E-state index contributed by atoms with van der Waals surface area (Å²) < 4.78 is 58.4. The number of likely N-dealkylation sites (tertiary alicyclic amines) is 1. The van der Waals surface area contributed by atoms with Gasteiger partial charge in [0.2, 0.25) is 17.7 Å². The minimum absolute atomic E-state index is 0.00936. The van der Waals surface area contributed by atoms with Crippen LogP contribution in [0.5, 0.6) is 11.5 Å². The maximum absolute atomic E-state index is 14.0. The highest BCUT2D eigenvalue weighted by Gasteiger charge is 2.64. The van der Waals surface area contributed by atoms with Gasteiger partial charge in [-0.2, -0.15) is 18.4 Å². The summed E-state index contributed by atoms with van der Waals surface area (Å²) in [6.45, 7) is 15.6. The van der Waals surface area contributed by atoms with Gasteiger partial charge in [-0.1, -0.05) is 72.7 Å². The number of carbonyl (C=O) groups excluding carboxylic acids is 4. The minimum atomic E-state index is -4.72. The third-order valence-electron chi connectivity index (χ3n) is 13.0. The fraction of sp³-hybridized carbons (Fsp3) is 0.500. The molecule has 1 aliphatic carbocycles.